The van der Waals surface area contributed by atoms with E-state index in [0.29, 0.717) is 25.7 Å². The average molecular weight is 312 g/mol. The lowest BCUT2D eigenvalue weighted by molar-refractivity contribution is 0.195. The highest BCUT2D eigenvalue weighted by Crippen LogP contribution is 2.32. The lowest BCUT2D eigenvalue weighted by Crippen LogP contribution is -2.41. The van der Waals surface area contributed by atoms with Crippen LogP contribution in [0, 0.1) is 5.41 Å². The average Bonchev–Trinajstić information content (AvgIpc) is 3.12. The fourth-order valence-electron chi connectivity index (χ4n) is 2.65. The standard InChI is InChI=1S/C14H24N4O2S/c1-14(2)5-7-18(8-6-14)21(19,20)13-11(10-16-17-13)9-15-12-3-4-12/h10,12,15H,3-9H2,1-2H3,(H,16,17). The first-order valence-corrected chi connectivity index (χ1v) is 9.08. The molecule has 1 aromatic heterocycles. The van der Waals surface area contributed by atoms with E-state index in [0.717, 1.165) is 18.4 Å². The van der Waals surface area contributed by atoms with Gasteiger partial charge in [-0.05, 0) is 31.1 Å². The summed E-state index contributed by atoms with van der Waals surface area (Å²) in [5, 5.41) is 10.2. The minimum atomic E-state index is -3.45. The summed E-state index contributed by atoms with van der Waals surface area (Å²) in [6.45, 7) is 6.12. The molecule has 6 nitrogen and oxygen atoms in total. The zero-order valence-electron chi connectivity index (χ0n) is 12.7. The van der Waals surface area contributed by atoms with E-state index >= 15 is 0 Å². The smallest absolute Gasteiger partial charge is 0.260 e. The Morgan fingerprint density at radius 3 is 2.67 bits per heavy atom. The van der Waals surface area contributed by atoms with E-state index in [4.69, 9.17) is 0 Å². The number of hydrogen-bond donors (Lipinski definition) is 2. The molecule has 0 atom stereocenters. The Morgan fingerprint density at radius 2 is 2.05 bits per heavy atom. The van der Waals surface area contributed by atoms with E-state index in [1.165, 1.54) is 12.8 Å². The third kappa shape index (κ3) is 3.30. The molecule has 0 radical (unpaired) electrons. The first-order valence-electron chi connectivity index (χ1n) is 7.64. The van der Waals surface area contributed by atoms with Crippen molar-refractivity contribution in [3.05, 3.63) is 11.8 Å². The highest BCUT2D eigenvalue weighted by atomic mass is 32.2. The first-order chi connectivity index (χ1) is 9.88. The Kier molecular flexibility index (Phi) is 3.83. The van der Waals surface area contributed by atoms with Gasteiger partial charge in [-0.1, -0.05) is 13.8 Å². The van der Waals surface area contributed by atoms with Gasteiger partial charge in [0.15, 0.2) is 5.03 Å². The van der Waals surface area contributed by atoms with Crippen molar-refractivity contribution in [1.29, 1.82) is 0 Å². The van der Waals surface area contributed by atoms with Crippen LogP contribution in [0.1, 0.15) is 45.1 Å². The molecule has 3 rings (SSSR count). The van der Waals surface area contributed by atoms with Gasteiger partial charge in [-0.2, -0.15) is 9.40 Å². The van der Waals surface area contributed by atoms with Crippen molar-refractivity contribution in [1.82, 2.24) is 19.8 Å². The molecule has 0 unspecified atom stereocenters. The van der Waals surface area contributed by atoms with Gasteiger partial charge in [-0.15, -0.1) is 0 Å². The van der Waals surface area contributed by atoms with E-state index in [-0.39, 0.29) is 10.4 Å². The largest absolute Gasteiger partial charge is 0.310 e. The molecule has 0 amide bonds. The number of nitrogens with one attached hydrogen (secondary N) is 2. The third-order valence-electron chi connectivity index (χ3n) is 4.51. The number of H-pyrrole nitrogens is 1. The van der Waals surface area contributed by atoms with Gasteiger partial charge in [0.25, 0.3) is 10.0 Å². The van der Waals surface area contributed by atoms with Crippen LogP contribution < -0.4 is 5.32 Å². The van der Waals surface area contributed by atoms with Gasteiger partial charge in [-0.3, -0.25) is 5.10 Å². The summed E-state index contributed by atoms with van der Waals surface area (Å²) in [7, 11) is -3.45. The van der Waals surface area contributed by atoms with Crippen LogP contribution in [0.25, 0.3) is 0 Å². The van der Waals surface area contributed by atoms with E-state index in [1.807, 2.05) is 0 Å². The first kappa shape index (κ1) is 15.0. The minimum absolute atomic E-state index is 0.233. The van der Waals surface area contributed by atoms with Crippen LogP contribution in [0.2, 0.25) is 0 Å². The van der Waals surface area contributed by atoms with Crippen molar-refractivity contribution < 1.29 is 8.42 Å². The Hall–Kier alpha value is -0.920. The van der Waals surface area contributed by atoms with Gasteiger partial charge < -0.3 is 5.32 Å². The molecule has 2 aliphatic rings. The van der Waals surface area contributed by atoms with E-state index in [1.54, 1.807) is 10.5 Å². The van der Waals surface area contributed by atoms with Crippen molar-refractivity contribution in [2.75, 3.05) is 13.1 Å². The van der Waals surface area contributed by atoms with Crippen molar-refractivity contribution in [3.63, 3.8) is 0 Å². The van der Waals surface area contributed by atoms with Crippen molar-refractivity contribution in [2.45, 2.75) is 57.1 Å². The Bertz CT molecular complexity index is 594. The van der Waals surface area contributed by atoms with Crippen molar-refractivity contribution in [2.24, 2.45) is 5.41 Å². The number of sulfonamides is 1. The number of aromatic nitrogens is 2. The fraction of sp³-hybridized carbons (Fsp3) is 0.786. The molecule has 1 aliphatic heterocycles. The minimum Gasteiger partial charge on any atom is -0.310 e. The number of piperidine rings is 1. The summed E-state index contributed by atoms with van der Waals surface area (Å²) in [5.74, 6) is 0. The van der Waals surface area contributed by atoms with Crippen molar-refractivity contribution in [3.8, 4) is 0 Å². The number of rotatable bonds is 5. The Labute approximate surface area is 126 Å². The Balaban J connectivity index is 1.74. The van der Waals surface area contributed by atoms with E-state index in [9.17, 15) is 8.42 Å². The molecule has 118 valence electrons. The summed E-state index contributed by atoms with van der Waals surface area (Å²) in [4.78, 5) is 0. The van der Waals surface area contributed by atoms with E-state index in [2.05, 4.69) is 29.4 Å². The molecule has 2 N–H and O–H groups in total. The molecule has 2 heterocycles. The predicted octanol–water partition coefficient (Wildman–Crippen LogP) is 1.47. The summed E-state index contributed by atoms with van der Waals surface area (Å²) in [5.41, 5.74) is 0.975. The normalized spacial score (nSPS) is 23.3. The molecule has 0 aromatic carbocycles. The molecule has 1 aromatic rings. The topological polar surface area (TPSA) is 78.1 Å². The van der Waals surface area contributed by atoms with Crippen LogP contribution in [0.15, 0.2) is 11.2 Å². The molecule has 21 heavy (non-hydrogen) atoms. The third-order valence-corrected chi connectivity index (χ3v) is 6.42. The van der Waals surface area contributed by atoms with Gasteiger partial charge in [-0.25, -0.2) is 8.42 Å². The fourth-order valence-corrected chi connectivity index (χ4v) is 4.20. The maximum absolute atomic E-state index is 12.8. The summed E-state index contributed by atoms with van der Waals surface area (Å²) < 4.78 is 27.1. The second-order valence-corrected chi connectivity index (χ2v) is 8.82. The second kappa shape index (κ2) is 5.37. The zero-order chi connectivity index (χ0) is 15.1. The SMILES string of the molecule is CC1(C)CCN(S(=O)(=O)c2[nH]ncc2CNC2CC2)CC1. The van der Waals surface area contributed by atoms with Gasteiger partial charge in [0.1, 0.15) is 0 Å². The highest BCUT2D eigenvalue weighted by molar-refractivity contribution is 7.89. The lowest BCUT2D eigenvalue weighted by Gasteiger charge is -2.35. The second-order valence-electron chi connectivity index (χ2n) is 6.95. The summed E-state index contributed by atoms with van der Waals surface area (Å²) in [6, 6.07) is 0.547. The molecule has 2 fully saturated rings. The predicted molar refractivity (Wildman–Crippen MR) is 80.2 cm³/mol. The molecule has 1 aliphatic carbocycles. The molecular weight excluding hydrogens is 288 g/mol. The van der Waals surface area contributed by atoms with Crippen molar-refractivity contribution >= 4 is 10.0 Å². The zero-order valence-corrected chi connectivity index (χ0v) is 13.5. The molecule has 1 saturated carbocycles. The van der Waals surface area contributed by atoms with Gasteiger partial charge in [0, 0.05) is 31.2 Å². The quantitative estimate of drug-likeness (QED) is 0.863. The highest BCUT2D eigenvalue weighted by Gasteiger charge is 2.35. The number of hydrogen-bond acceptors (Lipinski definition) is 4. The van der Waals surface area contributed by atoms with Crippen LogP contribution in [0.5, 0.6) is 0 Å². The maximum atomic E-state index is 12.8. The summed E-state index contributed by atoms with van der Waals surface area (Å²) >= 11 is 0. The van der Waals surface area contributed by atoms with E-state index < -0.39 is 10.0 Å². The van der Waals surface area contributed by atoms with Crippen LogP contribution in [0.3, 0.4) is 0 Å². The lowest BCUT2D eigenvalue weighted by atomic mass is 9.83. The van der Waals surface area contributed by atoms with Crippen LogP contribution in [0.4, 0.5) is 0 Å². The van der Waals surface area contributed by atoms with Gasteiger partial charge in [0.2, 0.25) is 0 Å². The Morgan fingerprint density at radius 1 is 1.38 bits per heavy atom. The molecule has 0 bridgehead atoms. The molecule has 0 spiro atoms. The molecular formula is C14H24N4O2S. The molecule has 7 heteroatoms. The van der Waals surface area contributed by atoms with Crippen LogP contribution in [-0.2, 0) is 16.6 Å². The van der Waals surface area contributed by atoms with Crippen LogP contribution in [-0.4, -0.2) is 42.1 Å². The molecule has 1 saturated heterocycles. The van der Waals surface area contributed by atoms with Gasteiger partial charge >= 0.3 is 0 Å². The monoisotopic (exact) mass is 312 g/mol. The van der Waals surface area contributed by atoms with Gasteiger partial charge in [0.05, 0.1) is 6.20 Å². The summed E-state index contributed by atoms with van der Waals surface area (Å²) in [6.07, 6.45) is 5.78. The number of nitrogens with zero attached hydrogens (tertiary/aromatic N) is 2. The number of aromatic amines is 1. The van der Waals surface area contributed by atoms with Crippen LogP contribution >= 0.6 is 0 Å². The maximum Gasteiger partial charge on any atom is 0.260 e.